The molecule has 0 radical (unpaired) electrons. The molecule has 1 heterocycles. The first-order chi connectivity index (χ1) is 8.31. The number of carbonyl (C=O) groups is 1. The number of ketones is 1. The minimum atomic E-state index is 0.0276. The number of carbonyl (C=O) groups excluding carboxylic acids is 1. The third-order valence-corrected chi connectivity index (χ3v) is 3.34. The Morgan fingerprint density at radius 2 is 2.35 bits per heavy atom. The predicted octanol–water partition coefficient (Wildman–Crippen LogP) is 1.70. The van der Waals surface area contributed by atoms with Gasteiger partial charge >= 0.3 is 0 Å². The maximum absolute atomic E-state index is 11.9. The largest absolute Gasteiger partial charge is 0.461 e. The van der Waals surface area contributed by atoms with Crippen molar-refractivity contribution in [1.29, 1.82) is 0 Å². The molecule has 4 heteroatoms. The zero-order chi connectivity index (χ0) is 12.1. The van der Waals surface area contributed by atoms with E-state index in [2.05, 4.69) is 4.90 Å². The minimum Gasteiger partial charge on any atom is -0.461 e. The fourth-order valence-corrected chi connectivity index (χ4v) is 2.12. The molecule has 0 bridgehead atoms. The molecule has 1 aromatic rings. The molecule has 1 aromatic heterocycles. The summed E-state index contributed by atoms with van der Waals surface area (Å²) in [6, 6.07) is 3.95. The minimum absolute atomic E-state index is 0.0276. The third kappa shape index (κ3) is 3.17. The van der Waals surface area contributed by atoms with Crippen molar-refractivity contribution in [3.8, 4) is 0 Å². The molecule has 94 valence electrons. The average Bonchev–Trinajstić information content (AvgIpc) is 2.76. The quantitative estimate of drug-likeness (QED) is 0.733. The van der Waals surface area contributed by atoms with E-state index in [0.29, 0.717) is 18.3 Å². The van der Waals surface area contributed by atoms with Crippen molar-refractivity contribution in [3.63, 3.8) is 0 Å². The summed E-state index contributed by atoms with van der Waals surface area (Å²) in [5.41, 5.74) is 0. The Kier molecular flexibility index (Phi) is 4.34. The van der Waals surface area contributed by atoms with Crippen LogP contribution in [-0.2, 0) is 0 Å². The van der Waals surface area contributed by atoms with Crippen molar-refractivity contribution >= 4 is 5.78 Å². The molecule has 0 aliphatic heterocycles. The van der Waals surface area contributed by atoms with Gasteiger partial charge in [0.25, 0.3) is 0 Å². The number of aliphatic hydroxyl groups is 1. The summed E-state index contributed by atoms with van der Waals surface area (Å²) in [6.45, 7) is 1.37. The first kappa shape index (κ1) is 12.3. The zero-order valence-corrected chi connectivity index (χ0v) is 9.97. The van der Waals surface area contributed by atoms with Gasteiger partial charge in [-0.15, -0.1) is 0 Å². The van der Waals surface area contributed by atoms with Gasteiger partial charge < -0.3 is 9.52 Å². The maximum Gasteiger partial charge on any atom is 0.211 e. The van der Waals surface area contributed by atoms with E-state index in [1.807, 2.05) is 0 Å². The highest BCUT2D eigenvalue weighted by atomic mass is 16.3. The molecular weight excluding hydrogens is 218 g/mol. The van der Waals surface area contributed by atoms with E-state index >= 15 is 0 Å². The fourth-order valence-electron chi connectivity index (χ4n) is 2.12. The van der Waals surface area contributed by atoms with Gasteiger partial charge in [-0.3, -0.25) is 9.69 Å². The van der Waals surface area contributed by atoms with Gasteiger partial charge in [-0.05, 0) is 31.4 Å². The van der Waals surface area contributed by atoms with Crippen LogP contribution in [0.15, 0.2) is 22.8 Å². The van der Waals surface area contributed by atoms with E-state index in [1.165, 1.54) is 12.7 Å². The van der Waals surface area contributed by atoms with Gasteiger partial charge in [0.15, 0.2) is 5.76 Å². The topological polar surface area (TPSA) is 53.7 Å². The smallest absolute Gasteiger partial charge is 0.211 e. The molecule has 1 fully saturated rings. The van der Waals surface area contributed by atoms with Gasteiger partial charge in [0, 0.05) is 19.2 Å². The SMILES string of the molecule is O=C(CN(CCCO)C1CCC1)c1ccco1. The Hall–Kier alpha value is -1.13. The fraction of sp³-hybridized carbons (Fsp3) is 0.615. The van der Waals surface area contributed by atoms with Gasteiger partial charge in [-0.2, -0.15) is 0 Å². The standard InChI is InChI=1S/C13H19NO3/c15-8-3-7-14(11-4-1-5-11)10-12(16)13-6-2-9-17-13/h2,6,9,11,15H,1,3-5,7-8,10H2. The molecule has 2 rings (SSSR count). The van der Waals surface area contributed by atoms with E-state index in [0.717, 1.165) is 25.8 Å². The summed E-state index contributed by atoms with van der Waals surface area (Å²) in [5.74, 6) is 0.457. The van der Waals surface area contributed by atoms with Crippen LogP contribution in [0.25, 0.3) is 0 Å². The van der Waals surface area contributed by atoms with Gasteiger partial charge in [-0.25, -0.2) is 0 Å². The molecule has 1 saturated carbocycles. The molecular formula is C13H19NO3. The number of furan rings is 1. The number of Topliss-reactive ketones (excluding diaryl/α,β-unsaturated/α-hetero) is 1. The molecule has 0 saturated heterocycles. The third-order valence-electron chi connectivity index (χ3n) is 3.34. The molecule has 1 aliphatic carbocycles. The monoisotopic (exact) mass is 237 g/mol. The highest BCUT2D eigenvalue weighted by Gasteiger charge is 2.26. The molecule has 0 spiro atoms. The van der Waals surface area contributed by atoms with Crippen LogP contribution in [0.5, 0.6) is 0 Å². The van der Waals surface area contributed by atoms with E-state index in [9.17, 15) is 4.79 Å². The average molecular weight is 237 g/mol. The van der Waals surface area contributed by atoms with Crippen molar-refractivity contribution < 1.29 is 14.3 Å². The van der Waals surface area contributed by atoms with E-state index in [1.54, 1.807) is 12.1 Å². The Balaban J connectivity index is 1.89. The number of nitrogens with zero attached hydrogens (tertiary/aromatic N) is 1. The second-order valence-corrected chi connectivity index (χ2v) is 4.53. The van der Waals surface area contributed by atoms with Crippen LogP contribution < -0.4 is 0 Å². The summed E-state index contributed by atoms with van der Waals surface area (Å²) in [7, 11) is 0. The number of hydrogen-bond donors (Lipinski definition) is 1. The van der Waals surface area contributed by atoms with Gasteiger partial charge in [-0.1, -0.05) is 6.42 Å². The lowest BCUT2D eigenvalue weighted by Gasteiger charge is -2.36. The highest BCUT2D eigenvalue weighted by Crippen LogP contribution is 2.25. The summed E-state index contributed by atoms with van der Waals surface area (Å²) < 4.78 is 5.11. The lowest BCUT2D eigenvalue weighted by Crippen LogP contribution is -2.43. The van der Waals surface area contributed by atoms with Gasteiger partial charge in [0.05, 0.1) is 12.8 Å². The zero-order valence-electron chi connectivity index (χ0n) is 9.97. The molecule has 0 aromatic carbocycles. The molecule has 1 N–H and O–H groups in total. The number of hydrogen-bond acceptors (Lipinski definition) is 4. The molecule has 4 nitrogen and oxygen atoms in total. The van der Waals surface area contributed by atoms with Crippen LogP contribution in [0.1, 0.15) is 36.2 Å². The van der Waals surface area contributed by atoms with Crippen molar-refractivity contribution in [2.24, 2.45) is 0 Å². The molecule has 1 aliphatic rings. The Morgan fingerprint density at radius 3 is 2.88 bits per heavy atom. The van der Waals surface area contributed by atoms with Crippen LogP contribution in [-0.4, -0.2) is 41.5 Å². The lowest BCUT2D eigenvalue weighted by atomic mass is 9.91. The van der Waals surface area contributed by atoms with Crippen LogP contribution >= 0.6 is 0 Å². The van der Waals surface area contributed by atoms with E-state index in [-0.39, 0.29) is 12.4 Å². The normalized spacial score (nSPS) is 16.1. The van der Waals surface area contributed by atoms with Gasteiger partial charge in [0.2, 0.25) is 5.78 Å². The van der Waals surface area contributed by atoms with Crippen LogP contribution in [0.2, 0.25) is 0 Å². The summed E-state index contributed by atoms with van der Waals surface area (Å²) >= 11 is 0. The second kappa shape index (κ2) is 5.98. The molecule has 0 unspecified atom stereocenters. The molecule has 0 amide bonds. The summed E-state index contributed by atoms with van der Waals surface area (Å²) in [5, 5.41) is 8.88. The van der Waals surface area contributed by atoms with Crippen molar-refractivity contribution in [2.75, 3.05) is 19.7 Å². The predicted molar refractivity (Wildman–Crippen MR) is 64.0 cm³/mol. The van der Waals surface area contributed by atoms with Crippen molar-refractivity contribution in [1.82, 2.24) is 4.90 Å². The summed E-state index contributed by atoms with van der Waals surface area (Å²) in [6.07, 6.45) is 5.82. The van der Waals surface area contributed by atoms with Crippen molar-refractivity contribution in [3.05, 3.63) is 24.2 Å². The Labute approximate surface area is 101 Å². The Bertz CT molecular complexity index is 344. The molecule has 17 heavy (non-hydrogen) atoms. The highest BCUT2D eigenvalue weighted by molar-refractivity contribution is 5.95. The second-order valence-electron chi connectivity index (χ2n) is 4.53. The number of rotatable bonds is 7. The summed E-state index contributed by atoms with van der Waals surface area (Å²) in [4.78, 5) is 14.1. The maximum atomic E-state index is 11.9. The first-order valence-corrected chi connectivity index (χ1v) is 6.23. The lowest BCUT2D eigenvalue weighted by molar-refractivity contribution is 0.0764. The number of aliphatic hydroxyl groups excluding tert-OH is 1. The van der Waals surface area contributed by atoms with E-state index < -0.39 is 0 Å². The molecule has 0 atom stereocenters. The Morgan fingerprint density at radius 1 is 1.53 bits per heavy atom. The van der Waals surface area contributed by atoms with Crippen LogP contribution in [0, 0.1) is 0 Å². The van der Waals surface area contributed by atoms with Crippen LogP contribution in [0.4, 0.5) is 0 Å². The van der Waals surface area contributed by atoms with Crippen molar-refractivity contribution in [2.45, 2.75) is 31.7 Å². The first-order valence-electron chi connectivity index (χ1n) is 6.23. The van der Waals surface area contributed by atoms with Gasteiger partial charge in [0.1, 0.15) is 0 Å². The van der Waals surface area contributed by atoms with Crippen LogP contribution in [0.3, 0.4) is 0 Å². The van der Waals surface area contributed by atoms with E-state index in [4.69, 9.17) is 9.52 Å².